The molecule has 3 aromatic heterocycles. The maximum atomic E-state index is 5.22. The monoisotopic (exact) mass is 701 g/mol. The van der Waals surface area contributed by atoms with E-state index in [1.54, 1.807) is 18.6 Å². The molecule has 0 radical (unpaired) electrons. The van der Waals surface area contributed by atoms with Gasteiger partial charge in [0.05, 0.1) is 5.41 Å². The molecule has 5 heteroatoms. The van der Waals surface area contributed by atoms with Gasteiger partial charge in [0, 0.05) is 41.5 Å². The van der Waals surface area contributed by atoms with Crippen molar-refractivity contribution in [2.24, 2.45) is 0 Å². The number of rotatable bonds is 4. The smallest absolute Gasteiger partial charge is 0.164 e. The summed E-state index contributed by atoms with van der Waals surface area (Å²) in [5.41, 5.74) is 16.6. The highest BCUT2D eigenvalue weighted by Crippen LogP contribution is 2.61. The maximum absolute atomic E-state index is 5.22. The van der Waals surface area contributed by atoms with Crippen molar-refractivity contribution in [1.29, 1.82) is 0 Å². The summed E-state index contributed by atoms with van der Waals surface area (Å²) in [5, 5.41) is 0. The Labute approximate surface area is 318 Å². The fourth-order valence-corrected chi connectivity index (χ4v) is 8.80. The number of hydrogen-bond donors (Lipinski definition) is 0. The predicted octanol–water partition coefficient (Wildman–Crippen LogP) is 11.3. The molecule has 0 N–H and O–H groups in total. The lowest BCUT2D eigenvalue weighted by Crippen LogP contribution is -2.29. The van der Waals surface area contributed by atoms with Gasteiger partial charge in [0.15, 0.2) is 17.5 Å². The molecular weight excluding hydrogens is 671 g/mol. The Hall–Kier alpha value is -7.37. The molecule has 0 atom stereocenters. The average molecular weight is 702 g/mol. The molecule has 11 rings (SSSR count). The van der Waals surface area contributed by atoms with Crippen molar-refractivity contribution in [3.63, 3.8) is 0 Å². The van der Waals surface area contributed by atoms with Crippen molar-refractivity contribution in [1.82, 2.24) is 24.9 Å². The second kappa shape index (κ2) is 12.4. The minimum absolute atomic E-state index is 0.593. The lowest BCUT2D eigenvalue weighted by molar-refractivity contribution is 0.775. The van der Waals surface area contributed by atoms with Crippen LogP contribution < -0.4 is 0 Å². The molecule has 9 aromatic rings. The third kappa shape index (κ3) is 4.76. The standard InChI is InChI=1S/C50H31N5/c1-2-12-38-37(11-1)39-13-3-6-16-43(39)50(44-17-7-4-14-40(44)41-15-5-8-18-45(41)50)46-30-35(23-24-42(38)46)49-54-47(53-48(55-49)34-25-28-51-29-26-34)33-21-19-32(20-22-33)36-10-9-27-52-31-36/h1-31H. The molecule has 2 aliphatic carbocycles. The van der Waals surface area contributed by atoms with Crippen LogP contribution in [-0.2, 0) is 5.41 Å². The summed E-state index contributed by atoms with van der Waals surface area (Å²) in [4.78, 5) is 24.0. The minimum atomic E-state index is -0.597. The van der Waals surface area contributed by atoms with Crippen LogP contribution in [0.25, 0.3) is 78.7 Å². The van der Waals surface area contributed by atoms with Gasteiger partial charge in [-0.1, -0.05) is 140 Å². The Kier molecular flexibility index (Phi) is 7.01. The van der Waals surface area contributed by atoms with E-state index < -0.39 is 5.41 Å². The van der Waals surface area contributed by atoms with E-state index in [9.17, 15) is 0 Å². The zero-order valence-electron chi connectivity index (χ0n) is 29.6. The Morgan fingerprint density at radius 1 is 0.291 bits per heavy atom. The van der Waals surface area contributed by atoms with E-state index in [-0.39, 0.29) is 0 Å². The predicted molar refractivity (Wildman–Crippen MR) is 219 cm³/mol. The fraction of sp³-hybridized carbons (Fsp3) is 0.0200. The molecule has 0 amide bonds. The van der Waals surface area contributed by atoms with Gasteiger partial charge < -0.3 is 0 Å². The molecule has 0 aliphatic heterocycles. The van der Waals surface area contributed by atoms with E-state index in [2.05, 4.69) is 156 Å². The molecule has 0 saturated carbocycles. The van der Waals surface area contributed by atoms with Crippen LogP contribution in [0.2, 0.25) is 0 Å². The Balaban J connectivity index is 1.18. The molecule has 5 nitrogen and oxygen atoms in total. The van der Waals surface area contributed by atoms with Gasteiger partial charge in [0.1, 0.15) is 0 Å². The van der Waals surface area contributed by atoms with Crippen LogP contribution >= 0.6 is 0 Å². The van der Waals surface area contributed by atoms with Gasteiger partial charge in [0.25, 0.3) is 0 Å². The number of fused-ring (bicyclic) bond motifs is 12. The highest BCUT2D eigenvalue weighted by Gasteiger charge is 2.49. The largest absolute Gasteiger partial charge is 0.265 e. The van der Waals surface area contributed by atoms with Gasteiger partial charge in [-0.3, -0.25) is 9.97 Å². The third-order valence-electron chi connectivity index (χ3n) is 11.2. The average Bonchev–Trinajstić information content (AvgIpc) is 3.52. The van der Waals surface area contributed by atoms with Crippen LogP contribution in [0.3, 0.4) is 0 Å². The van der Waals surface area contributed by atoms with Crippen LogP contribution in [0.1, 0.15) is 22.3 Å². The van der Waals surface area contributed by atoms with Crippen molar-refractivity contribution in [2.75, 3.05) is 0 Å². The van der Waals surface area contributed by atoms with Crippen molar-refractivity contribution in [3.05, 3.63) is 211 Å². The maximum Gasteiger partial charge on any atom is 0.164 e. The first kappa shape index (κ1) is 31.2. The van der Waals surface area contributed by atoms with E-state index in [0.717, 1.165) is 27.8 Å². The molecule has 6 aromatic carbocycles. The second-order valence-corrected chi connectivity index (χ2v) is 14.1. The van der Waals surface area contributed by atoms with Crippen molar-refractivity contribution in [3.8, 4) is 78.7 Å². The zero-order chi connectivity index (χ0) is 36.3. The first-order valence-corrected chi connectivity index (χ1v) is 18.5. The molecule has 0 saturated heterocycles. The quantitative estimate of drug-likeness (QED) is 0.183. The van der Waals surface area contributed by atoms with Gasteiger partial charge in [0.2, 0.25) is 0 Å². The number of hydrogen-bond acceptors (Lipinski definition) is 5. The molecule has 0 unspecified atom stereocenters. The van der Waals surface area contributed by atoms with Crippen molar-refractivity contribution in [2.45, 2.75) is 5.41 Å². The summed E-state index contributed by atoms with van der Waals surface area (Å²) in [6, 6.07) is 58.6. The molecule has 3 heterocycles. The number of benzene rings is 6. The summed E-state index contributed by atoms with van der Waals surface area (Å²) in [5.74, 6) is 1.80. The van der Waals surface area contributed by atoms with E-state index in [4.69, 9.17) is 15.0 Å². The van der Waals surface area contributed by atoms with Gasteiger partial charge in [-0.25, -0.2) is 15.0 Å². The molecule has 2 aliphatic rings. The second-order valence-electron chi connectivity index (χ2n) is 14.1. The van der Waals surface area contributed by atoms with Crippen LogP contribution in [-0.4, -0.2) is 24.9 Å². The van der Waals surface area contributed by atoms with Gasteiger partial charge >= 0.3 is 0 Å². The lowest BCUT2D eigenvalue weighted by atomic mass is 9.65. The SMILES string of the molecule is c1cncc(-c2ccc(-c3nc(-c4ccncc4)nc(-c4ccc5c(c4)C4(c6ccccc6-c6ccccc6-5)c5ccccc5-c5ccccc54)n3)cc2)c1. The summed E-state index contributed by atoms with van der Waals surface area (Å²) < 4.78 is 0. The molecule has 0 bridgehead atoms. The zero-order valence-corrected chi connectivity index (χ0v) is 29.6. The van der Waals surface area contributed by atoms with Crippen molar-refractivity contribution >= 4 is 0 Å². The normalized spacial score (nSPS) is 12.9. The van der Waals surface area contributed by atoms with Gasteiger partial charge in [-0.2, -0.15) is 0 Å². The number of pyridine rings is 2. The lowest BCUT2D eigenvalue weighted by Gasteiger charge is -2.35. The van der Waals surface area contributed by atoms with Crippen molar-refractivity contribution < 1.29 is 0 Å². The molecule has 1 spiro atoms. The summed E-state index contributed by atoms with van der Waals surface area (Å²) in [6.45, 7) is 0. The summed E-state index contributed by atoms with van der Waals surface area (Å²) >= 11 is 0. The highest BCUT2D eigenvalue weighted by molar-refractivity contribution is 5.97. The first-order chi connectivity index (χ1) is 27.3. The van der Waals surface area contributed by atoms with Crippen LogP contribution in [0.4, 0.5) is 0 Å². The number of aromatic nitrogens is 5. The Bertz CT molecular complexity index is 2880. The van der Waals surface area contributed by atoms with E-state index in [1.165, 1.54) is 55.6 Å². The van der Waals surface area contributed by atoms with E-state index in [0.29, 0.717) is 17.5 Å². The fourth-order valence-electron chi connectivity index (χ4n) is 8.80. The number of nitrogens with zero attached hydrogens (tertiary/aromatic N) is 5. The third-order valence-corrected chi connectivity index (χ3v) is 11.2. The topological polar surface area (TPSA) is 64.5 Å². The molecule has 256 valence electrons. The minimum Gasteiger partial charge on any atom is -0.265 e. The van der Waals surface area contributed by atoms with Crippen LogP contribution in [0, 0.1) is 0 Å². The van der Waals surface area contributed by atoms with Crippen LogP contribution in [0.15, 0.2) is 189 Å². The molecule has 55 heavy (non-hydrogen) atoms. The van der Waals surface area contributed by atoms with E-state index in [1.807, 2.05) is 24.4 Å². The Morgan fingerprint density at radius 3 is 1.31 bits per heavy atom. The summed E-state index contributed by atoms with van der Waals surface area (Å²) in [6.07, 6.45) is 7.21. The molecule has 0 fully saturated rings. The summed E-state index contributed by atoms with van der Waals surface area (Å²) in [7, 11) is 0. The van der Waals surface area contributed by atoms with Gasteiger partial charge in [-0.15, -0.1) is 0 Å². The first-order valence-electron chi connectivity index (χ1n) is 18.5. The van der Waals surface area contributed by atoms with Crippen LogP contribution in [0.5, 0.6) is 0 Å². The molecular formula is C50H31N5. The van der Waals surface area contributed by atoms with Gasteiger partial charge in [-0.05, 0) is 91.0 Å². The highest BCUT2D eigenvalue weighted by atomic mass is 15.0. The van der Waals surface area contributed by atoms with E-state index >= 15 is 0 Å². The Morgan fingerprint density at radius 2 is 0.745 bits per heavy atom.